The molecule has 2 N–H and O–H groups in total. The van der Waals surface area contributed by atoms with E-state index in [-0.39, 0.29) is 30.0 Å². The fraction of sp³-hybridized carbons (Fsp3) is 0.615. The van der Waals surface area contributed by atoms with Crippen molar-refractivity contribution in [1.29, 1.82) is 0 Å². The Morgan fingerprint density at radius 2 is 1.45 bits per heavy atom. The Kier molecular flexibility index (Phi) is 7.20. The van der Waals surface area contributed by atoms with Crippen molar-refractivity contribution in [3.8, 4) is 0 Å². The van der Waals surface area contributed by atoms with Gasteiger partial charge in [0.05, 0.1) is 0 Å². The van der Waals surface area contributed by atoms with Crippen LogP contribution in [-0.2, 0) is 18.8 Å². The topological polar surface area (TPSA) is 101 Å². The second-order valence-corrected chi connectivity index (χ2v) is 9.94. The summed E-state index contributed by atoms with van der Waals surface area (Å²) in [6, 6.07) is 0. The van der Waals surface area contributed by atoms with Crippen LogP contribution < -0.4 is 0 Å². The second-order valence-electron chi connectivity index (χ2n) is 5.51. The van der Waals surface area contributed by atoms with E-state index in [2.05, 4.69) is 0 Å². The Hall–Kier alpha value is -1.63. The van der Waals surface area contributed by atoms with Gasteiger partial charge in [0.25, 0.3) is 5.97 Å². The summed E-state index contributed by atoms with van der Waals surface area (Å²) < 4.78 is 5.26. The lowest BCUT2D eigenvalue weighted by atomic mass is 10.0. The molecule has 0 aliphatic heterocycles. The molecule has 0 spiro atoms. The molecule has 0 bridgehead atoms. The van der Waals surface area contributed by atoms with Gasteiger partial charge in [0.1, 0.15) is 0 Å². The highest BCUT2D eigenvalue weighted by Gasteiger charge is 2.20. The van der Waals surface area contributed by atoms with Crippen LogP contribution in [0.5, 0.6) is 0 Å². The van der Waals surface area contributed by atoms with Gasteiger partial charge in [-0.1, -0.05) is 0 Å². The Bertz CT molecular complexity index is 419. The van der Waals surface area contributed by atoms with Crippen LogP contribution in [-0.4, -0.2) is 36.4 Å². The number of unbranched alkanes of at least 4 members (excludes halogenated alkanes) is 1. The fourth-order valence-electron chi connectivity index (χ4n) is 1.55. The average molecular weight is 302 g/mol. The maximum atomic E-state index is 11.5. The molecule has 0 aromatic carbocycles. The monoisotopic (exact) mass is 302 g/mol. The van der Waals surface area contributed by atoms with Gasteiger partial charge < -0.3 is 14.6 Å². The number of carboxylic acids is 2. The molecule has 0 rings (SSSR count). The number of aliphatic carboxylic acids is 2. The third kappa shape index (κ3) is 7.73. The molecule has 20 heavy (non-hydrogen) atoms. The van der Waals surface area contributed by atoms with Crippen molar-refractivity contribution in [3.05, 3.63) is 11.1 Å². The normalized spacial score (nSPS) is 12.6. The first-order valence-corrected chi connectivity index (χ1v) is 9.83. The van der Waals surface area contributed by atoms with Gasteiger partial charge in [-0.05, 0) is 45.8 Å². The number of rotatable bonds is 8. The van der Waals surface area contributed by atoms with Crippen LogP contribution in [0, 0.1) is 0 Å². The van der Waals surface area contributed by atoms with Gasteiger partial charge in [0.2, 0.25) is 8.32 Å². The van der Waals surface area contributed by atoms with E-state index in [1.807, 2.05) is 19.6 Å². The summed E-state index contributed by atoms with van der Waals surface area (Å²) in [7, 11) is -1.88. The van der Waals surface area contributed by atoms with Crippen LogP contribution in [0.25, 0.3) is 0 Å². The summed E-state index contributed by atoms with van der Waals surface area (Å²) in [5.41, 5.74) is -0.279. The zero-order valence-electron chi connectivity index (χ0n) is 12.4. The zero-order valence-corrected chi connectivity index (χ0v) is 13.4. The van der Waals surface area contributed by atoms with Gasteiger partial charge in [-0.2, -0.15) is 0 Å². The first-order chi connectivity index (χ1) is 9.04. The Balaban J connectivity index is 4.29. The SMILES string of the molecule is C/C(C(=O)O)=C(/CCCCC(=O)O[Si](C)(C)C)C(=O)O. The largest absolute Gasteiger partial charge is 0.520 e. The Labute approximate surface area is 119 Å². The highest BCUT2D eigenvalue weighted by Crippen LogP contribution is 2.15. The molecule has 0 saturated heterocycles. The van der Waals surface area contributed by atoms with Crippen molar-refractivity contribution in [3.63, 3.8) is 0 Å². The molecular formula is C13H22O6Si. The van der Waals surface area contributed by atoms with Crippen LogP contribution in [0.4, 0.5) is 0 Å². The second kappa shape index (κ2) is 7.84. The molecule has 0 atom stereocenters. The molecule has 0 aliphatic carbocycles. The van der Waals surface area contributed by atoms with Crippen LogP contribution in [0.15, 0.2) is 11.1 Å². The molecule has 7 heteroatoms. The maximum Gasteiger partial charge on any atom is 0.332 e. The fourth-order valence-corrected chi connectivity index (χ4v) is 2.33. The minimum absolute atomic E-state index is 0.115. The van der Waals surface area contributed by atoms with E-state index in [4.69, 9.17) is 14.6 Å². The highest BCUT2D eigenvalue weighted by molar-refractivity contribution is 6.71. The number of hydrogen-bond acceptors (Lipinski definition) is 4. The van der Waals surface area contributed by atoms with Crippen LogP contribution in [0.1, 0.15) is 32.6 Å². The molecule has 0 unspecified atom stereocenters. The van der Waals surface area contributed by atoms with Gasteiger partial charge >= 0.3 is 11.9 Å². The summed E-state index contributed by atoms with van der Waals surface area (Å²) in [5.74, 6) is -2.74. The lowest BCUT2D eigenvalue weighted by molar-refractivity contribution is -0.136. The molecule has 0 saturated carbocycles. The maximum absolute atomic E-state index is 11.5. The van der Waals surface area contributed by atoms with Crippen LogP contribution >= 0.6 is 0 Å². The van der Waals surface area contributed by atoms with E-state index < -0.39 is 20.3 Å². The molecule has 0 aromatic heterocycles. The third-order valence-corrected chi connectivity index (χ3v) is 3.35. The van der Waals surface area contributed by atoms with E-state index in [1.54, 1.807) is 0 Å². The molecule has 6 nitrogen and oxygen atoms in total. The smallest absolute Gasteiger partial charge is 0.332 e. The average Bonchev–Trinajstić information content (AvgIpc) is 2.24. The molecule has 0 aliphatic rings. The van der Waals surface area contributed by atoms with Crippen molar-refractivity contribution in [2.24, 2.45) is 0 Å². The van der Waals surface area contributed by atoms with Crippen molar-refractivity contribution >= 4 is 26.2 Å². The van der Waals surface area contributed by atoms with Gasteiger partial charge in [-0.15, -0.1) is 0 Å². The Morgan fingerprint density at radius 1 is 0.950 bits per heavy atom. The van der Waals surface area contributed by atoms with Crippen molar-refractivity contribution < 1.29 is 29.0 Å². The standard InChI is InChI=1S/C13H22O6Si/c1-9(12(15)16)10(13(17)18)7-5-6-8-11(14)19-20(2,3)4/h5-8H2,1-4H3,(H,15,16)(H,17,18)/b10-9+. The minimum Gasteiger partial charge on any atom is -0.520 e. The molecule has 114 valence electrons. The predicted octanol–water partition coefficient (Wildman–Crippen LogP) is 2.41. The van der Waals surface area contributed by atoms with Crippen LogP contribution in [0.2, 0.25) is 19.6 Å². The molecule has 0 heterocycles. The number of hydrogen-bond donors (Lipinski definition) is 2. The van der Waals surface area contributed by atoms with Gasteiger partial charge in [0.15, 0.2) is 0 Å². The van der Waals surface area contributed by atoms with E-state index in [1.165, 1.54) is 6.92 Å². The first-order valence-electron chi connectivity index (χ1n) is 6.42. The number of carbonyl (C=O) groups is 3. The van der Waals surface area contributed by atoms with Gasteiger partial charge in [0, 0.05) is 17.6 Å². The molecule has 0 fully saturated rings. The van der Waals surface area contributed by atoms with Gasteiger partial charge in [-0.25, -0.2) is 9.59 Å². The van der Waals surface area contributed by atoms with Crippen molar-refractivity contribution in [1.82, 2.24) is 0 Å². The minimum atomic E-state index is -1.88. The quantitative estimate of drug-likeness (QED) is 0.405. The zero-order chi connectivity index (χ0) is 15.9. The summed E-state index contributed by atoms with van der Waals surface area (Å²) in [4.78, 5) is 33.2. The lowest BCUT2D eigenvalue weighted by Gasteiger charge is -2.17. The summed E-state index contributed by atoms with van der Waals surface area (Å²) >= 11 is 0. The third-order valence-electron chi connectivity index (χ3n) is 2.51. The van der Waals surface area contributed by atoms with Crippen LogP contribution in [0.3, 0.4) is 0 Å². The van der Waals surface area contributed by atoms with E-state index in [9.17, 15) is 14.4 Å². The van der Waals surface area contributed by atoms with E-state index in [0.29, 0.717) is 12.8 Å². The lowest BCUT2D eigenvalue weighted by Crippen LogP contribution is -2.29. The van der Waals surface area contributed by atoms with Crippen molar-refractivity contribution in [2.45, 2.75) is 52.2 Å². The first kappa shape index (κ1) is 18.4. The van der Waals surface area contributed by atoms with E-state index in [0.717, 1.165) is 0 Å². The number of carbonyl (C=O) groups excluding carboxylic acids is 1. The molecular weight excluding hydrogens is 280 g/mol. The van der Waals surface area contributed by atoms with Gasteiger partial charge in [-0.3, -0.25) is 4.79 Å². The molecule has 0 aromatic rings. The van der Waals surface area contributed by atoms with E-state index >= 15 is 0 Å². The molecule has 0 amide bonds. The highest BCUT2D eigenvalue weighted by atomic mass is 28.4. The predicted molar refractivity (Wildman–Crippen MR) is 75.9 cm³/mol. The Morgan fingerprint density at radius 3 is 1.85 bits per heavy atom. The summed E-state index contributed by atoms with van der Waals surface area (Å²) in [6.45, 7) is 7.00. The molecule has 0 radical (unpaired) electrons. The summed E-state index contributed by atoms with van der Waals surface area (Å²) in [5, 5.41) is 17.7. The number of carboxylic acid groups (broad SMARTS) is 2. The summed E-state index contributed by atoms with van der Waals surface area (Å²) in [6.07, 6.45) is 1.27. The van der Waals surface area contributed by atoms with Crippen molar-refractivity contribution in [2.75, 3.05) is 0 Å².